The molecule has 0 unspecified atom stereocenters. The van der Waals surface area contributed by atoms with Gasteiger partial charge in [-0.05, 0) is 32.9 Å². The fourth-order valence-electron chi connectivity index (χ4n) is 0.660. The van der Waals surface area contributed by atoms with Gasteiger partial charge in [-0.25, -0.2) is 0 Å². The summed E-state index contributed by atoms with van der Waals surface area (Å²) in [6, 6.07) is 1.79. The van der Waals surface area contributed by atoms with Crippen LogP contribution in [-0.2, 0) is 0 Å². The first-order chi connectivity index (χ1) is 5.75. The van der Waals surface area contributed by atoms with Crippen molar-refractivity contribution in [1.29, 1.82) is 0 Å². The van der Waals surface area contributed by atoms with E-state index in [0.717, 1.165) is 4.47 Å². The molecule has 0 bridgehead atoms. The molecule has 4 nitrogen and oxygen atoms in total. The molecule has 0 N–H and O–H groups in total. The molecule has 0 atom stereocenters. The van der Waals surface area contributed by atoms with Gasteiger partial charge in [0.15, 0.2) is 5.78 Å². The van der Waals surface area contributed by atoms with Crippen LogP contribution in [0.15, 0.2) is 21.0 Å². The number of azide groups is 1. The van der Waals surface area contributed by atoms with Crippen molar-refractivity contribution in [3.63, 3.8) is 0 Å². The second-order valence-corrected chi connectivity index (χ2v) is 3.68. The Balaban J connectivity index is 2.78. The van der Waals surface area contributed by atoms with Gasteiger partial charge < -0.3 is 0 Å². The van der Waals surface area contributed by atoms with Crippen molar-refractivity contribution < 1.29 is 4.79 Å². The summed E-state index contributed by atoms with van der Waals surface area (Å²) in [5.41, 5.74) is 7.98. The van der Waals surface area contributed by atoms with E-state index in [2.05, 4.69) is 26.0 Å². The summed E-state index contributed by atoms with van der Waals surface area (Å²) in [5, 5.41) is 4.98. The van der Waals surface area contributed by atoms with E-state index in [4.69, 9.17) is 5.53 Å². The predicted octanol–water partition coefficient (Wildman–Crippen LogP) is 3.00. The van der Waals surface area contributed by atoms with E-state index in [1.807, 2.05) is 0 Å². The van der Waals surface area contributed by atoms with Gasteiger partial charge in [-0.2, -0.15) is 0 Å². The summed E-state index contributed by atoms with van der Waals surface area (Å²) in [6.45, 7) is -0.115. The quantitative estimate of drug-likeness (QED) is 0.350. The van der Waals surface area contributed by atoms with Crippen molar-refractivity contribution in [2.24, 2.45) is 5.11 Å². The lowest BCUT2D eigenvalue weighted by molar-refractivity contribution is 0.100. The Morgan fingerprint density at radius 2 is 2.58 bits per heavy atom. The summed E-state index contributed by atoms with van der Waals surface area (Å²) in [4.78, 5) is 14.3. The smallest absolute Gasteiger partial charge is 0.179 e. The largest absolute Gasteiger partial charge is 0.293 e. The van der Waals surface area contributed by atoms with Crippen LogP contribution in [0.2, 0.25) is 0 Å². The SMILES string of the molecule is [N-]=[N+]=NCC(=O)c1sccc1Br. The fourth-order valence-corrected chi connectivity index (χ4v) is 2.19. The maximum Gasteiger partial charge on any atom is 0.179 e. The number of nitrogens with zero attached hydrogens (tertiary/aromatic N) is 3. The van der Waals surface area contributed by atoms with Crippen LogP contribution in [0, 0.1) is 0 Å². The number of halogens is 1. The van der Waals surface area contributed by atoms with Gasteiger partial charge in [-0.15, -0.1) is 11.3 Å². The molecule has 62 valence electrons. The first-order valence-corrected chi connectivity index (χ1v) is 4.70. The first-order valence-electron chi connectivity index (χ1n) is 3.02. The molecule has 0 fully saturated rings. The Bertz CT molecular complexity index is 342. The minimum atomic E-state index is -0.158. The normalized spacial score (nSPS) is 9.08. The molecule has 0 aliphatic heterocycles. The van der Waals surface area contributed by atoms with E-state index in [1.165, 1.54) is 11.3 Å². The topological polar surface area (TPSA) is 65.8 Å². The highest BCUT2D eigenvalue weighted by atomic mass is 79.9. The van der Waals surface area contributed by atoms with Gasteiger partial charge in [-0.1, -0.05) is 5.11 Å². The molecule has 0 amide bonds. The molecule has 1 heterocycles. The number of thiophene rings is 1. The molecule has 0 spiro atoms. The van der Waals surface area contributed by atoms with E-state index in [0.29, 0.717) is 4.88 Å². The molecular weight excluding hydrogens is 242 g/mol. The van der Waals surface area contributed by atoms with Crippen LogP contribution in [0.3, 0.4) is 0 Å². The summed E-state index contributed by atoms with van der Waals surface area (Å²) < 4.78 is 0.755. The summed E-state index contributed by atoms with van der Waals surface area (Å²) in [6.07, 6.45) is 0. The Morgan fingerprint density at radius 3 is 3.08 bits per heavy atom. The lowest BCUT2D eigenvalue weighted by Crippen LogP contribution is -1.99. The molecule has 1 aromatic rings. The zero-order valence-corrected chi connectivity index (χ0v) is 8.30. The molecule has 1 aromatic heterocycles. The van der Waals surface area contributed by atoms with Gasteiger partial charge >= 0.3 is 0 Å². The number of Topliss-reactive ketones (excluding diaryl/α,β-unsaturated/α-hetero) is 1. The minimum Gasteiger partial charge on any atom is -0.293 e. The maximum absolute atomic E-state index is 11.2. The summed E-state index contributed by atoms with van der Waals surface area (Å²) >= 11 is 4.54. The van der Waals surface area contributed by atoms with Gasteiger partial charge in [0, 0.05) is 9.38 Å². The summed E-state index contributed by atoms with van der Waals surface area (Å²) in [5.74, 6) is -0.158. The molecule has 0 aliphatic rings. The highest BCUT2D eigenvalue weighted by Crippen LogP contribution is 2.22. The standard InChI is InChI=1S/C6H4BrN3OS/c7-4-1-2-12-6(4)5(11)3-9-10-8/h1-2H,3H2. The number of rotatable bonds is 3. The van der Waals surface area contributed by atoms with Gasteiger partial charge in [0.1, 0.15) is 0 Å². The third-order valence-corrected chi connectivity index (χ3v) is 3.03. The van der Waals surface area contributed by atoms with Crippen LogP contribution in [0.5, 0.6) is 0 Å². The van der Waals surface area contributed by atoms with Crippen molar-refractivity contribution in [2.45, 2.75) is 0 Å². The molecule has 0 aliphatic carbocycles. The first kappa shape index (κ1) is 9.25. The number of carbonyl (C=O) groups is 1. The second kappa shape index (κ2) is 4.25. The van der Waals surface area contributed by atoms with Gasteiger partial charge in [0.25, 0.3) is 0 Å². The molecular formula is C6H4BrN3OS. The van der Waals surface area contributed by atoms with Crippen LogP contribution in [0.4, 0.5) is 0 Å². The van der Waals surface area contributed by atoms with Gasteiger partial charge in [-0.3, -0.25) is 4.79 Å². The molecule has 0 aromatic carbocycles. The number of hydrogen-bond donors (Lipinski definition) is 0. The van der Waals surface area contributed by atoms with Gasteiger partial charge in [0.2, 0.25) is 0 Å². The molecule has 6 heteroatoms. The summed E-state index contributed by atoms with van der Waals surface area (Å²) in [7, 11) is 0. The van der Waals surface area contributed by atoms with E-state index in [-0.39, 0.29) is 12.3 Å². The van der Waals surface area contributed by atoms with Crippen molar-refractivity contribution in [3.8, 4) is 0 Å². The lowest BCUT2D eigenvalue weighted by atomic mass is 10.3. The predicted molar refractivity (Wildman–Crippen MR) is 50.4 cm³/mol. The Morgan fingerprint density at radius 1 is 1.83 bits per heavy atom. The lowest BCUT2D eigenvalue weighted by Gasteiger charge is -1.91. The number of hydrogen-bond acceptors (Lipinski definition) is 3. The zero-order chi connectivity index (χ0) is 8.97. The van der Waals surface area contributed by atoms with Crippen LogP contribution < -0.4 is 0 Å². The van der Waals surface area contributed by atoms with Crippen LogP contribution in [0.25, 0.3) is 10.4 Å². The number of ketones is 1. The Hall–Kier alpha value is -0.840. The number of carbonyl (C=O) groups excluding carboxylic acids is 1. The van der Waals surface area contributed by atoms with Crippen molar-refractivity contribution in [2.75, 3.05) is 6.54 Å². The van der Waals surface area contributed by atoms with E-state index in [1.54, 1.807) is 11.4 Å². The monoisotopic (exact) mass is 245 g/mol. The van der Waals surface area contributed by atoms with Crippen molar-refractivity contribution >= 4 is 33.0 Å². The van der Waals surface area contributed by atoms with Crippen molar-refractivity contribution in [3.05, 3.63) is 31.2 Å². The fraction of sp³-hybridized carbons (Fsp3) is 0.167. The van der Waals surface area contributed by atoms with Crippen molar-refractivity contribution in [1.82, 2.24) is 0 Å². The van der Waals surface area contributed by atoms with Crippen LogP contribution in [0.1, 0.15) is 9.67 Å². The average molecular weight is 246 g/mol. The molecule has 1 rings (SSSR count). The maximum atomic E-state index is 11.2. The zero-order valence-electron chi connectivity index (χ0n) is 5.90. The van der Waals surface area contributed by atoms with E-state index in [9.17, 15) is 4.79 Å². The second-order valence-electron chi connectivity index (χ2n) is 1.91. The minimum absolute atomic E-state index is 0.115. The Kier molecular flexibility index (Phi) is 3.28. The van der Waals surface area contributed by atoms with E-state index < -0.39 is 0 Å². The van der Waals surface area contributed by atoms with E-state index >= 15 is 0 Å². The molecule has 0 saturated heterocycles. The average Bonchev–Trinajstić information content (AvgIpc) is 2.47. The molecule has 12 heavy (non-hydrogen) atoms. The molecule has 0 saturated carbocycles. The highest BCUT2D eigenvalue weighted by Gasteiger charge is 2.09. The Labute approximate surface area is 81.0 Å². The van der Waals surface area contributed by atoms with Crippen LogP contribution in [-0.4, -0.2) is 12.3 Å². The molecule has 0 radical (unpaired) electrons. The third-order valence-electron chi connectivity index (χ3n) is 1.15. The highest BCUT2D eigenvalue weighted by molar-refractivity contribution is 9.10. The van der Waals surface area contributed by atoms with Gasteiger partial charge in [0.05, 0.1) is 11.4 Å². The van der Waals surface area contributed by atoms with Crippen LogP contribution >= 0.6 is 27.3 Å². The third kappa shape index (κ3) is 2.07.